The zero-order valence-corrected chi connectivity index (χ0v) is 14.4. The van der Waals surface area contributed by atoms with Crippen molar-refractivity contribution in [1.82, 2.24) is 4.90 Å². The lowest BCUT2D eigenvalue weighted by Crippen LogP contribution is -2.46. The van der Waals surface area contributed by atoms with Crippen LogP contribution in [0.1, 0.15) is 29.9 Å². The molecule has 1 saturated heterocycles. The summed E-state index contributed by atoms with van der Waals surface area (Å²) in [5, 5.41) is 11.1. The van der Waals surface area contributed by atoms with E-state index in [2.05, 4.69) is 24.3 Å². The molecule has 0 unspecified atom stereocenters. The summed E-state index contributed by atoms with van der Waals surface area (Å²) in [4.78, 5) is 25.0. The third-order valence-electron chi connectivity index (χ3n) is 5.35. The van der Waals surface area contributed by atoms with Gasteiger partial charge in [-0.3, -0.25) is 0 Å². The predicted molar refractivity (Wildman–Crippen MR) is 94.4 cm³/mol. The molecule has 0 N–H and O–H groups in total. The summed E-state index contributed by atoms with van der Waals surface area (Å²) < 4.78 is 5.58. The van der Waals surface area contributed by atoms with Crippen LogP contribution in [0.15, 0.2) is 48.5 Å². The molecule has 26 heavy (non-hydrogen) atoms. The number of likely N-dealkylation sites (tertiary alicyclic amines) is 1. The Morgan fingerprint density at radius 3 is 2.27 bits per heavy atom. The van der Waals surface area contributed by atoms with Gasteiger partial charge in [-0.05, 0) is 35.1 Å². The molecule has 1 aliphatic carbocycles. The normalized spacial score (nSPS) is 18.9. The summed E-state index contributed by atoms with van der Waals surface area (Å²) in [7, 11) is 0. The fraction of sp³-hybridized carbons (Fsp3) is 0.333. The van der Waals surface area contributed by atoms with Crippen molar-refractivity contribution >= 4 is 12.1 Å². The number of piperidine rings is 1. The van der Waals surface area contributed by atoms with Gasteiger partial charge in [-0.15, -0.1) is 0 Å². The van der Waals surface area contributed by atoms with Crippen LogP contribution in [0, 0.1) is 5.92 Å². The van der Waals surface area contributed by atoms with Crippen LogP contribution in [0.3, 0.4) is 0 Å². The number of ether oxygens (including phenoxy) is 1. The largest absolute Gasteiger partial charge is 0.550 e. The standard InChI is InChI=1S/C21H21NO4/c23-20(24)14-6-5-11-22(12-14)21(25)26-13-19-17-9-3-1-7-15(17)16-8-2-4-10-18(16)19/h1-4,7-10,14,19H,5-6,11-13H2,(H,23,24)/p-1/t14-/m1/s1. The van der Waals surface area contributed by atoms with Crippen LogP contribution in [0.4, 0.5) is 4.79 Å². The van der Waals surface area contributed by atoms with E-state index in [9.17, 15) is 14.7 Å². The Morgan fingerprint density at radius 1 is 1.04 bits per heavy atom. The van der Waals surface area contributed by atoms with E-state index >= 15 is 0 Å². The molecular formula is C21H20NO4-. The first kappa shape index (κ1) is 16.6. The quantitative estimate of drug-likeness (QED) is 0.852. The molecule has 1 atom stereocenters. The molecule has 1 aliphatic heterocycles. The minimum Gasteiger partial charge on any atom is -0.550 e. The predicted octanol–water partition coefficient (Wildman–Crippen LogP) is 2.40. The van der Waals surface area contributed by atoms with Gasteiger partial charge in [-0.1, -0.05) is 48.5 Å². The van der Waals surface area contributed by atoms with E-state index in [-0.39, 0.29) is 19.1 Å². The summed E-state index contributed by atoms with van der Waals surface area (Å²) >= 11 is 0. The summed E-state index contributed by atoms with van der Waals surface area (Å²) in [5.41, 5.74) is 4.68. The molecule has 0 spiro atoms. The van der Waals surface area contributed by atoms with Crippen LogP contribution in [-0.2, 0) is 9.53 Å². The third kappa shape index (κ3) is 2.94. The van der Waals surface area contributed by atoms with Crippen molar-refractivity contribution < 1.29 is 19.4 Å². The Morgan fingerprint density at radius 2 is 1.65 bits per heavy atom. The van der Waals surface area contributed by atoms with Crippen molar-refractivity contribution in [2.45, 2.75) is 18.8 Å². The topological polar surface area (TPSA) is 69.7 Å². The molecular weight excluding hydrogens is 330 g/mol. The number of hydrogen-bond acceptors (Lipinski definition) is 4. The van der Waals surface area contributed by atoms with Crippen LogP contribution in [0.5, 0.6) is 0 Å². The number of carbonyl (C=O) groups is 2. The lowest BCUT2D eigenvalue weighted by atomic mass is 9.98. The Hall–Kier alpha value is -2.82. The molecule has 1 fully saturated rings. The van der Waals surface area contributed by atoms with E-state index in [1.165, 1.54) is 16.0 Å². The van der Waals surface area contributed by atoms with E-state index < -0.39 is 18.0 Å². The number of carboxylic acids is 1. The first-order valence-corrected chi connectivity index (χ1v) is 8.96. The molecule has 1 amide bonds. The second-order valence-corrected chi connectivity index (χ2v) is 6.91. The summed E-state index contributed by atoms with van der Waals surface area (Å²) in [6.07, 6.45) is 0.760. The van der Waals surface area contributed by atoms with Crippen LogP contribution >= 0.6 is 0 Å². The highest BCUT2D eigenvalue weighted by atomic mass is 16.6. The van der Waals surface area contributed by atoms with Gasteiger partial charge >= 0.3 is 6.09 Å². The molecule has 2 aromatic carbocycles. The smallest absolute Gasteiger partial charge is 0.409 e. The molecule has 134 valence electrons. The number of aliphatic carboxylic acids is 1. The number of carboxylic acid groups (broad SMARTS) is 1. The molecule has 2 aliphatic rings. The highest BCUT2D eigenvalue weighted by molar-refractivity contribution is 5.79. The lowest BCUT2D eigenvalue weighted by Gasteiger charge is -2.32. The first-order chi connectivity index (χ1) is 12.6. The van der Waals surface area contributed by atoms with Gasteiger partial charge in [0.2, 0.25) is 0 Å². The summed E-state index contributed by atoms with van der Waals surface area (Å²) in [5.74, 6) is -1.70. The van der Waals surface area contributed by atoms with E-state index in [0.29, 0.717) is 19.4 Å². The Balaban J connectivity index is 1.48. The number of carbonyl (C=O) groups excluding carboxylic acids is 2. The summed E-state index contributed by atoms with van der Waals surface area (Å²) in [6.45, 7) is 0.943. The van der Waals surface area contributed by atoms with Crippen molar-refractivity contribution in [3.8, 4) is 11.1 Å². The van der Waals surface area contributed by atoms with Crippen molar-refractivity contribution in [2.75, 3.05) is 19.7 Å². The molecule has 4 rings (SSSR count). The van der Waals surface area contributed by atoms with Crippen LogP contribution < -0.4 is 5.11 Å². The van der Waals surface area contributed by atoms with E-state index in [1.54, 1.807) is 0 Å². The van der Waals surface area contributed by atoms with E-state index in [4.69, 9.17) is 4.74 Å². The van der Waals surface area contributed by atoms with Gasteiger partial charge in [-0.25, -0.2) is 4.79 Å². The fourth-order valence-corrected chi connectivity index (χ4v) is 4.02. The minimum absolute atomic E-state index is 0.00748. The van der Waals surface area contributed by atoms with Crippen LogP contribution in [-0.4, -0.2) is 36.7 Å². The molecule has 1 heterocycles. The van der Waals surface area contributed by atoms with Crippen molar-refractivity contribution in [3.05, 3.63) is 59.7 Å². The fourth-order valence-electron chi connectivity index (χ4n) is 4.02. The molecule has 5 heteroatoms. The van der Waals surface area contributed by atoms with Crippen LogP contribution in [0.25, 0.3) is 11.1 Å². The maximum Gasteiger partial charge on any atom is 0.409 e. The second kappa shape index (κ2) is 6.83. The SMILES string of the molecule is O=C([O-])[C@@H]1CCCN(C(=O)OCC2c3ccccc3-c3ccccc32)C1. The highest BCUT2D eigenvalue weighted by Gasteiger charge is 2.30. The van der Waals surface area contributed by atoms with Gasteiger partial charge < -0.3 is 19.5 Å². The molecule has 0 aromatic heterocycles. The zero-order chi connectivity index (χ0) is 18.1. The molecule has 2 aromatic rings. The maximum absolute atomic E-state index is 12.4. The van der Waals surface area contributed by atoms with Gasteiger partial charge in [-0.2, -0.15) is 0 Å². The van der Waals surface area contributed by atoms with Gasteiger partial charge in [0.1, 0.15) is 6.61 Å². The van der Waals surface area contributed by atoms with Crippen molar-refractivity contribution in [2.24, 2.45) is 5.92 Å². The molecule has 0 saturated carbocycles. The van der Waals surface area contributed by atoms with Gasteiger partial charge in [0.15, 0.2) is 0 Å². The van der Waals surface area contributed by atoms with Gasteiger partial charge in [0.25, 0.3) is 0 Å². The number of fused-ring (bicyclic) bond motifs is 3. The van der Waals surface area contributed by atoms with E-state index in [1.807, 2.05) is 24.3 Å². The van der Waals surface area contributed by atoms with E-state index in [0.717, 1.165) is 11.1 Å². The lowest BCUT2D eigenvalue weighted by molar-refractivity contribution is -0.312. The number of rotatable bonds is 3. The molecule has 0 radical (unpaired) electrons. The Labute approximate surface area is 152 Å². The Kier molecular flexibility index (Phi) is 4.37. The number of hydrogen-bond donors (Lipinski definition) is 0. The monoisotopic (exact) mass is 350 g/mol. The molecule has 5 nitrogen and oxygen atoms in total. The first-order valence-electron chi connectivity index (χ1n) is 8.96. The average molecular weight is 350 g/mol. The Bertz CT molecular complexity index is 802. The minimum atomic E-state index is -1.10. The van der Waals surface area contributed by atoms with Crippen molar-refractivity contribution in [1.29, 1.82) is 0 Å². The zero-order valence-electron chi connectivity index (χ0n) is 14.4. The summed E-state index contributed by atoms with van der Waals surface area (Å²) in [6, 6.07) is 16.3. The second-order valence-electron chi connectivity index (χ2n) is 6.91. The average Bonchev–Trinajstić information content (AvgIpc) is 3.00. The third-order valence-corrected chi connectivity index (χ3v) is 5.35. The van der Waals surface area contributed by atoms with Crippen LogP contribution in [0.2, 0.25) is 0 Å². The number of benzene rings is 2. The highest BCUT2D eigenvalue weighted by Crippen LogP contribution is 2.44. The number of nitrogens with zero attached hydrogens (tertiary/aromatic N) is 1. The van der Waals surface area contributed by atoms with Gasteiger partial charge in [0, 0.05) is 30.9 Å². The van der Waals surface area contributed by atoms with Crippen molar-refractivity contribution in [3.63, 3.8) is 0 Å². The maximum atomic E-state index is 12.4. The van der Waals surface area contributed by atoms with Gasteiger partial charge in [0.05, 0.1) is 0 Å². The number of amides is 1. The molecule has 0 bridgehead atoms.